The molecule has 0 radical (unpaired) electrons. The van der Waals surface area contributed by atoms with Crippen molar-refractivity contribution in [1.82, 2.24) is 10.2 Å². The number of carbonyl (C=O) groups is 3. The molecule has 2 aliphatic heterocycles. The predicted octanol–water partition coefficient (Wildman–Crippen LogP) is 5.16. The van der Waals surface area contributed by atoms with E-state index in [1.807, 2.05) is 30.3 Å². The van der Waals surface area contributed by atoms with Crippen molar-refractivity contribution >= 4 is 18.0 Å². The summed E-state index contributed by atoms with van der Waals surface area (Å²) in [5, 5.41) is 3.12. The Hall–Kier alpha value is -3.77. The molecular formula is C36H36N2O4. The fraction of sp³-hybridized carbons (Fsp3) is 0.417. The van der Waals surface area contributed by atoms with Gasteiger partial charge in [0.25, 0.3) is 5.91 Å². The monoisotopic (exact) mass is 560 g/mol. The Labute approximate surface area is 246 Å². The maximum absolute atomic E-state index is 13.5. The summed E-state index contributed by atoms with van der Waals surface area (Å²) in [6.45, 7) is 2.72. The third-order valence-corrected chi connectivity index (χ3v) is 10.7. The lowest BCUT2D eigenvalue weighted by Crippen LogP contribution is -2.66. The highest BCUT2D eigenvalue weighted by atomic mass is 16.5. The predicted molar refractivity (Wildman–Crippen MR) is 160 cm³/mol. The average Bonchev–Trinajstić information content (AvgIpc) is 3.77. The third-order valence-electron chi connectivity index (χ3n) is 10.7. The largest absolute Gasteiger partial charge is 0.481 e. The number of hydrogen-bond acceptors (Lipinski definition) is 5. The highest BCUT2D eigenvalue weighted by molar-refractivity contribution is 5.99. The quantitative estimate of drug-likeness (QED) is 0.386. The molecule has 1 amide bonds. The molecule has 1 spiro atoms. The second kappa shape index (κ2) is 9.91. The number of nitrogens with zero attached hydrogens (tertiary/aromatic N) is 1. The molecule has 8 rings (SSSR count). The smallest absolute Gasteiger partial charge is 0.255 e. The fourth-order valence-corrected chi connectivity index (χ4v) is 8.49. The lowest BCUT2D eigenvalue weighted by Gasteiger charge is -2.57. The van der Waals surface area contributed by atoms with Gasteiger partial charge >= 0.3 is 0 Å². The van der Waals surface area contributed by atoms with Crippen LogP contribution in [-0.2, 0) is 23.1 Å². The number of benzene rings is 3. The van der Waals surface area contributed by atoms with Gasteiger partial charge in [-0.15, -0.1) is 0 Å². The number of amides is 1. The molecule has 1 saturated heterocycles. The average molecular weight is 561 g/mol. The number of likely N-dealkylation sites (tertiary alicyclic amines) is 1. The molecule has 1 N–H and O–H groups in total. The van der Waals surface area contributed by atoms with Gasteiger partial charge < -0.3 is 10.1 Å². The molecule has 2 heterocycles. The van der Waals surface area contributed by atoms with Gasteiger partial charge in [0.1, 0.15) is 12.0 Å². The molecule has 42 heavy (non-hydrogen) atoms. The summed E-state index contributed by atoms with van der Waals surface area (Å²) in [5.41, 5.74) is 6.70. The van der Waals surface area contributed by atoms with E-state index in [1.165, 1.54) is 30.5 Å². The van der Waals surface area contributed by atoms with Crippen molar-refractivity contribution in [2.45, 2.75) is 62.5 Å². The number of nitrogens with one attached hydrogen (secondary N) is 1. The van der Waals surface area contributed by atoms with Gasteiger partial charge in [0.15, 0.2) is 11.9 Å². The molecule has 6 nitrogen and oxygen atoms in total. The van der Waals surface area contributed by atoms with E-state index in [0.29, 0.717) is 48.2 Å². The Morgan fingerprint density at radius 1 is 1.00 bits per heavy atom. The zero-order valence-corrected chi connectivity index (χ0v) is 23.8. The van der Waals surface area contributed by atoms with Crippen LogP contribution in [0.4, 0.5) is 0 Å². The van der Waals surface area contributed by atoms with Crippen molar-refractivity contribution in [2.75, 3.05) is 19.6 Å². The van der Waals surface area contributed by atoms with Crippen molar-refractivity contribution in [3.8, 4) is 16.9 Å². The molecule has 3 aliphatic carbocycles. The molecule has 0 aromatic heterocycles. The van der Waals surface area contributed by atoms with Crippen molar-refractivity contribution in [1.29, 1.82) is 0 Å². The van der Waals surface area contributed by atoms with E-state index in [-0.39, 0.29) is 17.1 Å². The number of hydrogen-bond donors (Lipinski definition) is 1. The molecule has 3 fully saturated rings. The first-order valence-electron chi connectivity index (χ1n) is 15.6. The van der Waals surface area contributed by atoms with Crippen LogP contribution >= 0.6 is 0 Å². The summed E-state index contributed by atoms with van der Waals surface area (Å²) in [5.74, 6) is 2.02. The first kappa shape index (κ1) is 25.9. The molecule has 4 atom stereocenters. The van der Waals surface area contributed by atoms with E-state index < -0.39 is 6.10 Å². The topological polar surface area (TPSA) is 75.7 Å². The number of ether oxygens (including phenoxy) is 1. The van der Waals surface area contributed by atoms with E-state index in [2.05, 4.69) is 40.5 Å². The molecule has 2 bridgehead atoms. The number of ketones is 1. The molecule has 6 heteroatoms. The second-order valence-electron chi connectivity index (χ2n) is 13.0. The van der Waals surface area contributed by atoms with E-state index in [4.69, 9.17) is 4.74 Å². The van der Waals surface area contributed by atoms with Crippen LogP contribution in [0.5, 0.6) is 5.75 Å². The van der Waals surface area contributed by atoms with Gasteiger partial charge in [-0.2, -0.15) is 0 Å². The number of Topliss-reactive ketones (excluding diaryl/α,β-unsaturated/α-hetero) is 1. The maximum atomic E-state index is 13.5. The standard InChI is InChI=1S/C36H36N2O4/c39-21-24-5-9-26(10-6-24)25-7-3-22(4-8-25)15-17-37-35(41)28-12-11-27-19-30-29-13-14-31(40)34-36(29,32(27)33(28)42-34)16-18-38(30)20-23-1-2-23/h3-12,21,23,29-30,34H,1-2,13-20H2,(H,37,41)/t29?,30-,34?,36?/m1/s1. The van der Waals surface area contributed by atoms with Crippen LogP contribution in [0.25, 0.3) is 11.1 Å². The number of aldehydes is 1. The van der Waals surface area contributed by atoms with Crippen molar-refractivity contribution in [3.63, 3.8) is 0 Å². The summed E-state index contributed by atoms with van der Waals surface area (Å²) in [4.78, 5) is 40.5. The molecule has 3 aromatic rings. The molecule has 3 unspecified atom stereocenters. The van der Waals surface area contributed by atoms with Gasteiger partial charge in [-0.25, -0.2) is 0 Å². The Kier molecular flexibility index (Phi) is 6.11. The van der Waals surface area contributed by atoms with Gasteiger partial charge in [0.2, 0.25) is 0 Å². The van der Waals surface area contributed by atoms with E-state index in [1.54, 1.807) is 0 Å². The minimum absolute atomic E-state index is 0.132. The van der Waals surface area contributed by atoms with E-state index >= 15 is 0 Å². The molecule has 2 saturated carbocycles. The minimum atomic E-state index is -0.446. The zero-order chi connectivity index (χ0) is 28.4. The second-order valence-corrected chi connectivity index (χ2v) is 13.0. The lowest BCUT2D eigenvalue weighted by molar-refractivity contribution is -0.138. The normalized spacial score (nSPS) is 27.2. The Balaban J connectivity index is 0.996. The Morgan fingerprint density at radius 2 is 1.76 bits per heavy atom. The summed E-state index contributed by atoms with van der Waals surface area (Å²) < 4.78 is 6.56. The highest BCUT2D eigenvalue weighted by Crippen LogP contribution is 2.62. The summed E-state index contributed by atoms with van der Waals surface area (Å²) in [6.07, 6.45) is 7.27. The molecule has 214 valence electrons. The zero-order valence-electron chi connectivity index (χ0n) is 23.8. The van der Waals surface area contributed by atoms with Crippen molar-refractivity contribution in [3.05, 3.63) is 88.5 Å². The van der Waals surface area contributed by atoms with E-state index in [0.717, 1.165) is 54.7 Å². The fourth-order valence-electron chi connectivity index (χ4n) is 8.49. The summed E-state index contributed by atoms with van der Waals surface area (Å²) in [7, 11) is 0. The molecule has 5 aliphatic rings. The van der Waals surface area contributed by atoms with Crippen LogP contribution in [0.15, 0.2) is 60.7 Å². The lowest BCUT2D eigenvalue weighted by atomic mass is 9.51. The first-order chi connectivity index (χ1) is 20.5. The Morgan fingerprint density at radius 3 is 2.50 bits per heavy atom. The molecule has 3 aromatic carbocycles. The Bertz CT molecular complexity index is 1580. The van der Waals surface area contributed by atoms with Crippen LogP contribution in [0.3, 0.4) is 0 Å². The minimum Gasteiger partial charge on any atom is -0.481 e. The number of piperidine rings is 1. The number of carbonyl (C=O) groups excluding carboxylic acids is 3. The maximum Gasteiger partial charge on any atom is 0.255 e. The summed E-state index contributed by atoms with van der Waals surface area (Å²) in [6, 6.07) is 20.4. The van der Waals surface area contributed by atoms with E-state index in [9.17, 15) is 14.4 Å². The van der Waals surface area contributed by atoms with Crippen molar-refractivity contribution in [2.24, 2.45) is 11.8 Å². The van der Waals surface area contributed by atoms with Gasteiger partial charge in [-0.1, -0.05) is 54.6 Å². The number of rotatable bonds is 8. The third kappa shape index (κ3) is 4.06. The SMILES string of the molecule is O=Cc1ccc(-c2ccc(CCNC(=O)c3ccc4c5c3OC3C(=O)CCC6[C@@H](C4)N(CC4CC4)CCC536)cc2)cc1. The highest BCUT2D eigenvalue weighted by Gasteiger charge is 2.66. The summed E-state index contributed by atoms with van der Waals surface area (Å²) >= 11 is 0. The molecular weight excluding hydrogens is 524 g/mol. The van der Waals surface area contributed by atoms with Crippen LogP contribution in [0, 0.1) is 11.8 Å². The van der Waals surface area contributed by atoms with Crippen LogP contribution in [0.2, 0.25) is 0 Å². The first-order valence-corrected chi connectivity index (χ1v) is 15.6. The van der Waals surface area contributed by atoms with Crippen LogP contribution in [0.1, 0.15) is 69.5 Å². The van der Waals surface area contributed by atoms with Gasteiger partial charge in [-0.05, 0) is 85.2 Å². The van der Waals surface area contributed by atoms with Gasteiger partial charge in [0, 0.05) is 42.1 Å². The van der Waals surface area contributed by atoms with Gasteiger partial charge in [-0.3, -0.25) is 19.3 Å². The van der Waals surface area contributed by atoms with Crippen LogP contribution < -0.4 is 10.1 Å². The van der Waals surface area contributed by atoms with Crippen molar-refractivity contribution < 1.29 is 19.1 Å². The van der Waals surface area contributed by atoms with Crippen LogP contribution in [-0.4, -0.2) is 54.7 Å². The van der Waals surface area contributed by atoms with Gasteiger partial charge in [0.05, 0.1) is 5.56 Å².